The minimum atomic E-state index is -2.24. The topological polar surface area (TPSA) is 44.2 Å². The largest absolute Gasteiger partial charge is 0.503 e. The van der Waals surface area contributed by atoms with Crippen molar-refractivity contribution in [3.63, 3.8) is 0 Å². The average molecular weight is 783 g/mol. The van der Waals surface area contributed by atoms with Crippen LogP contribution in [0.3, 0.4) is 0 Å². The molecule has 0 amide bonds. The van der Waals surface area contributed by atoms with Gasteiger partial charge in [0.05, 0.1) is 0 Å². The van der Waals surface area contributed by atoms with Crippen LogP contribution in [0.5, 0.6) is 23.0 Å². The number of hydrogen-bond donors (Lipinski definition) is 0. The Bertz CT molecular complexity index is 2240. The first-order valence-electron chi connectivity index (χ1n) is 17.8. The minimum absolute atomic E-state index is 0. The Labute approximate surface area is 293 Å². The molecule has 0 aliphatic carbocycles. The summed E-state index contributed by atoms with van der Waals surface area (Å²) in [5.41, 5.74) is 6.93. The Morgan fingerprint density at radius 1 is 0.717 bits per heavy atom. The zero-order valence-corrected chi connectivity index (χ0v) is 27.9. The van der Waals surface area contributed by atoms with Crippen LogP contribution in [-0.4, -0.2) is 16.7 Å². The molecular weight excluding hydrogens is 743 g/mol. The van der Waals surface area contributed by atoms with Crippen molar-refractivity contribution in [2.75, 3.05) is 0 Å². The molecule has 1 radical (unpaired) electrons. The molecule has 2 aliphatic rings. The van der Waals surface area contributed by atoms with Gasteiger partial charge in [-0.2, -0.15) is 0 Å². The number of fused-ring (bicyclic) bond motifs is 4. The Morgan fingerprint density at radius 3 is 2.24 bits per heavy atom. The molecule has 229 valence electrons. The fourth-order valence-electron chi connectivity index (χ4n) is 5.85. The van der Waals surface area contributed by atoms with E-state index < -0.39 is 13.7 Å². The number of hydrogen-bond acceptors (Lipinski definition) is 4. The van der Waals surface area contributed by atoms with Gasteiger partial charge in [0.2, 0.25) is 6.71 Å². The monoisotopic (exact) mass is 783 g/mol. The molecule has 0 saturated heterocycles. The van der Waals surface area contributed by atoms with E-state index in [9.17, 15) is 0 Å². The molecule has 0 saturated carbocycles. The molecule has 0 N–H and O–H groups in total. The van der Waals surface area contributed by atoms with Gasteiger partial charge in [-0.15, -0.1) is 59.6 Å². The van der Waals surface area contributed by atoms with Crippen molar-refractivity contribution in [2.45, 2.75) is 39.9 Å². The number of aryl methyl sites for hydroxylation is 2. The molecule has 0 bridgehead atoms. The summed E-state index contributed by atoms with van der Waals surface area (Å²) in [5.74, 6) is 3.05. The standard InChI is InChI=1S/C28H23BNO2.C12H10N.Ir/c1-17-16-30-22(15-19(17)28(2,3)4)18-9-7-11-21-27(18)32-25-14-8-13-24-26(25)29(21)20-10-5-6-12-23(20)31-24;1-10-7-8-12(13-9-10)11-5-3-2-4-6-11;/h5-8,10-16H,1-4H3;2-5,7-9H,1H3;/q2*-1;/i2*1D3;. The third kappa shape index (κ3) is 5.91. The molecule has 0 unspecified atom stereocenters. The quantitative estimate of drug-likeness (QED) is 0.133. The van der Waals surface area contributed by atoms with Crippen molar-refractivity contribution < 1.29 is 37.8 Å². The predicted molar refractivity (Wildman–Crippen MR) is 183 cm³/mol. The Balaban J connectivity index is 0.000000230. The van der Waals surface area contributed by atoms with Gasteiger partial charge in [-0.1, -0.05) is 68.8 Å². The molecular formula is C40H33BIrN2O2-2. The van der Waals surface area contributed by atoms with Gasteiger partial charge in [-0.25, -0.2) is 0 Å². The van der Waals surface area contributed by atoms with Gasteiger partial charge in [0.1, 0.15) is 17.2 Å². The Morgan fingerprint density at radius 2 is 1.50 bits per heavy atom. The summed E-state index contributed by atoms with van der Waals surface area (Å²) < 4.78 is 58.4. The average Bonchev–Trinajstić information content (AvgIpc) is 3.10. The van der Waals surface area contributed by atoms with Gasteiger partial charge in [0.25, 0.3) is 0 Å². The third-order valence-electron chi connectivity index (χ3n) is 7.98. The van der Waals surface area contributed by atoms with Crippen molar-refractivity contribution in [1.82, 2.24) is 9.97 Å². The zero-order valence-electron chi connectivity index (χ0n) is 31.5. The van der Waals surface area contributed by atoms with E-state index in [-0.39, 0.29) is 43.4 Å². The number of rotatable bonds is 2. The maximum atomic E-state index is 8.00. The summed E-state index contributed by atoms with van der Waals surface area (Å²) in [6.07, 6.45) is 2.87. The number of benzene rings is 4. The first-order valence-corrected chi connectivity index (χ1v) is 14.8. The van der Waals surface area contributed by atoms with E-state index in [4.69, 9.17) is 17.7 Å². The molecule has 0 atom stereocenters. The van der Waals surface area contributed by atoms with Crippen LogP contribution in [0.25, 0.3) is 22.5 Å². The van der Waals surface area contributed by atoms with Crippen molar-refractivity contribution >= 4 is 23.1 Å². The number of pyridine rings is 2. The van der Waals surface area contributed by atoms with Crippen LogP contribution in [0, 0.1) is 25.8 Å². The van der Waals surface area contributed by atoms with Gasteiger partial charge in [0, 0.05) is 51.9 Å². The number of nitrogens with zero attached hydrogens (tertiary/aromatic N) is 2. The summed E-state index contributed by atoms with van der Waals surface area (Å²) >= 11 is 0. The minimum Gasteiger partial charge on any atom is -0.503 e. The fraction of sp³-hybridized carbons (Fsp3) is 0.150. The van der Waals surface area contributed by atoms with Gasteiger partial charge in [-0.3, -0.25) is 0 Å². The predicted octanol–water partition coefficient (Wildman–Crippen LogP) is 7.74. The summed E-state index contributed by atoms with van der Waals surface area (Å²) in [4.78, 5) is 8.71. The van der Waals surface area contributed by atoms with Crippen molar-refractivity contribution in [1.29, 1.82) is 0 Å². The second kappa shape index (κ2) is 12.7. The molecule has 8 rings (SSSR count). The molecule has 4 heterocycles. The maximum Gasteiger partial charge on any atom is 0.241 e. The van der Waals surface area contributed by atoms with Crippen LogP contribution in [0.15, 0.2) is 109 Å². The summed E-state index contributed by atoms with van der Waals surface area (Å²) in [5, 5.41) is 0. The van der Waals surface area contributed by atoms with E-state index in [2.05, 4.69) is 28.2 Å². The van der Waals surface area contributed by atoms with Crippen LogP contribution < -0.4 is 25.9 Å². The maximum absolute atomic E-state index is 8.00. The molecule has 2 aliphatic heterocycles. The first-order chi connectivity index (χ1) is 24.2. The van der Waals surface area contributed by atoms with E-state index in [1.54, 1.807) is 18.2 Å². The normalized spacial score (nSPS) is 14.6. The molecule has 0 fully saturated rings. The van der Waals surface area contributed by atoms with E-state index in [0.717, 1.165) is 50.5 Å². The molecule has 6 aromatic rings. The van der Waals surface area contributed by atoms with E-state index in [1.165, 1.54) is 12.4 Å². The first kappa shape index (κ1) is 24.7. The Kier molecular flexibility index (Phi) is 6.82. The summed E-state index contributed by atoms with van der Waals surface area (Å²) in [6, 6.07) is 36.8. The van der Waals surface area contributed by atoms with E-state index in [0.29, 0.717) is 17.0 Å². The SMILES string of the molecule is [2H]C([2H])([2H])c1ccc(-c2[c-]cccc2)nc1.[2H]C([2H])([2H])c1cnc(-c2[c-]ccc3c2Oc2cccc4c2B3c2ccccc2O4)cc1C(C)(C)C.[Ir]. The molecule has 6 heteroatoms. The number of ether oxygens (including phenoxy) is 2. The van der Waals surface area contributed by atoms with Crippen LogP contribution in [0.4, 0.5) is 0 Å². The summed E-state index contributed by atoms with van der Waals surface area (Å²) in [7, 11) is 0. The molecule has 46 heavy (non-hydrogen) atoms. The second-order valence-electron chi connectivity index (χ2n) is 12.1. The third-order valence-corrected chi connectivity index (χ3v) is 7.98. The Hall–Kier alpha value is -4.51. The van der Waals surface area contributed by atoms with Crippen LogP contribution in [-0.2, 0) is 25.5 Å². The molecule has 0 spiro atoms. The zero-order chi connectivity index (χ0) is 36.1. The van der Waals surface area contributed by atoms with Crippen molar-refractivity contribution in [3.8, 4) is 45.5 Å². The van der Waals surface area contributed by atoms with Gasteiger partial charge in [-0.05, 0) is 70.9 Å². The van der Waals surface area contributed by atoms with E-state index in [1.807, 2.05) is 93.6 Å². The van der Waals surface area contributed by atoms with Crippen molar-refractivity contribution in [3.05, 3.63) is 138 Å². The smallest absolute Gasteiger partial charge is 0.241 e. The van der Waals surface area contributed by atoms with Gasteiger partial charge < -0.3 is 19.4 Å². The van der Waals surface area contributed by atoms with Crippen LogP contribution >= 0.6 is 0 Å². The van der Waals surface area contributed by atoms with Gasteiger partial charge in [0.15, 0.2) is 0 Å². The van der Waals surface area contributed by atoms with Gasteiger partial charge >= 0.3 is 0 Å². The number of aromatic nitrogens is 2. The van der Waals surface area contributed by atoms with Crippen molar-refractivity contribution in [2.24, 2.45) is 0 Å². The van der Waals surface area contributed by atoms with Crippen LogP contribution in [0.1, 0.15) is 45.7 Å². The molecule has 2 aromatic heterocycles. The second-order valence-corrected chi connectivity index (χ2v) is 12.1. The fourth-order valence-corrected chi connectivity index (χ4v) is 5.85. The molecule has 4 aromatic carbocycles. The van der Waals surface area contributed by atoms with E-state index >= 15 is 0 Å². The summed E-state index contributed by atoms with van der Waals surface area (Å²) in [6.45, 7) is 1.65. The molecule has 4 nitrogen and oxygen atoms in total. The van der Waals surface area contributed by atoms with Crippen LogP contribution in [0.2, 0.25) is 0 Å². The number of para-hydroxylation sites is 1.